The molecule has 2 amide bonds. The number of carbonyl (C=O) groups is 1. The molecule has 1 heterocycles. The zero-order valence-electron chi connectivity index (χ0n) is 12.0. The van der Waals surface area contributed by atoms with Crippen LogP contribution < -0.4 is 5.32 Å². The number of likely N-dealkylation sites (tertiary alicyclic amines) is 1. The first kappa shape index (κ1) is 14.4. The van der Waals surface area contributed by atoms with E-state index in [1.54, 1.807) is 24.3 Å². The molecule has 1 N–H and O–H groups in total. The number of urea groups is 1. The maximum Gasteiger partial charge on any atom is 0.321 e. The van der Waals surface area contributed by atoms with Gasteiger partial charge in [-0.3, -0.25) is 0 Å². The van der Waals surface area contributed by atoms with Crippen LogP contribution in [0.5, 0.6) is 0 Å². The van der Waals surface area contributed by atoms with Crippen LogP contribution >= 0.6 is 0 Å². The van der Waals surface area contributed by atoms with Crippen LogP contribution in [0.4, 0.5) is 10.5 Å². The zero-order chi connectivity index (χ0) is 14.5. The largest absolute Gasteiger partial charge is 0.323 e. The van der Waals surface area contributed by atoms with Gasteiger partial charge in [-0.05, 0) is 45.1 Å². The van der Waals surface area contributed by atoms with E-state index in [9.17, 15) is 4.79 Å². The molecule has 106 valence electrons. The zero-order valence-corrected chi connectivity index (χ0v) is 12.0. The fraction of sp³-hybridized carbons (Fsp3) is 0.467. The van der Waals surface area contributed by atoms with Gasteiger partial charge >= 0.3 is 6.03 Å². The number of likely N-dealkylation sites (N-methyl/N-ethyl adjacent to an activating group) is 1. The Morgan fingerprint density at radius 3 is 3.00 bits per heavy atom. The minimum atomic E-state index is -0.0911. The molecule has 0 aromatic heterocycles. The number of nitriles is 1. The normalized spacial score (nSPS) is 18.7. The molecule has 5 heteroatoms. The number of hydrogen-bond acceptors (Lipinski definition) is 3. The van der Waals surface area contributed by atoms with E-state index in [1.165, 1.54) is 0 Å². The van der Waals surface area contributed by atoms with Crippen molar-refractivity contribution < 1.29 is 4.79 Å². The van der Waals surface area contributed by atoms with Gasteiger partial charge < -0.3 is 15.1 Å². The van der Waals surface area contributed by atoms with Crippen LogP contribution in [0.1, 0.15) is 18.4 Å². The Labute approximate surface area is 119 Å². The summed E-state index contributed by atoms with van der Waals surface area (Å²) in [5, 5.41) is 11.7. The standard InChI is InChI=1S/C15H20N4O/c1-18(2)14-7-4-8-19(11-14)15(20)17-13-6-3-5-12(9-13)10-16/h3,5-6,9,14H,4,7-8,11H2,1-2H3,(H,17,20). The summed E-state index contributed by atoms with van der Waals surface area (Å²) >= 11 is 0. The van der Waals surface area contributed by atoms with Crippen LogP contribution in [0, 0.1) is 11.3 Å². The lowest BCUT2D eigenvalue weighted by atomic mass is 10.1. The molecule has 1 fully saturated rings. The van der Waals surface area contributed by atoms with Gasteiger partial charge in [0, 0.05) is 24.8 Å². The Hall–Kier alpha value is -2.06. The highest BCUT2D eigenvalue weighted by molar-refractivity contribution is 5.89. The van der Waals surface area contributed by atoms with Gasteiger partial charge in [0.15, 0.2) is 0 Å². The van der Waals surface area contributed by atoms with Crippen molar-refractivity contribution in [2.75, 3.05) is 32.5 Å². The number of piperidine rings is 1. The second-order valence-corrected chi connectivity index (χ2v) is 5.33. The first-order chi connectivity index (χ1) is 9.60. The lowest BCUT2D eigenvalue weighted by molar-refractivity contribution is 0.148. The molecular weight excluding hydrogens is 252 g/mol. The molecule has 0 radical (unpaired) electrons. The number of amides is 2. The Bertz CT molecular complexity index is 521. The molecule has 20 heavy (non-hydrogen) atoms. The lowest BCUT2D eigenvalue weighted by Crippen LogP contribution is -2.48. The molecular formula is C15H20N4O. The van der Waals surface area contributed by atoms with Gasteiger partial charge in [0.25, 0.3) is 0 Å². The van der Waals surface area contributed by atoms with Gasteiger partial charge in [-0.25, -0.2) is 4.79 Å². The van der Waals surface area contributed by atoms with Gasteiger partial charge in [0.05, 0.1) is 11.6 Å². The summed E-state index contributed by atoms with van der Waals surface area (Å²) in [4.78, 5) is 16.3. The van der Waals surface area contributed by atoms with Gasteiger partial charge in [-0.2, -0.15) is 5.26 Å². The molecule has 1 unspecified atom stereocenters. The van der Waals surface area contributed by atoms with Gasteiger partial charge in [-0.1, -0.05) is 6.07 Å². The number of rotatable bonds is 2. The van der Waals surface area contributed by atoms with Crippen LogP contribution in [-0.2, 0) is 0 Å². The Morgan fingerprint density at radius 2 is 2.30 bits per heavy atom. The van der Waals surface area contributed by atoms with Crippen LogP contribution in [-0.4, -0.2) is 49.1 Å². The molecule has 1 aromatic rings. The quantitative estimate of drug-likeness (QED) is 0.897. The molecule has 2 rings (SSSR count). The average molecular weight is 272 g/mol. The number of carbonyl (C=O) groups excluding carboxylic acids is 1. The van der Waals surface area contributed by atoms with Gasteiger partial charge in [0.1, 0.15) is 0 Å². The number of hydrogen-bond donors (Lipinski definition) is 1. The van der Waals surface area contributed by atoms with E-state index in [0.29, 0.717) is 17.3 Å². The number of nitrogens with one attached hydrogen (secondary N) is 1. The number of nitrogens with zero attached hydrogens (tertiary/aromatic N) is 3. The maximum atomic E-state index is 12.2. The Balaban J connectivity index is 1.99. The fourth-order valence-electron chi connectivity index (χ4n) is 2.43. The summed E-state index contributed by atoms with van der Waals surface area (Å²) in [6.07, 6.45) is 2.15. The molecule has 1 aliphatic rings. The SMILES string of the molecule is CN(C)C1CCCN(C(=O)Nc2cccc(C#N)c2)C1. The van der Waals surface area contributed by atoms with Crippen molar-refractivity contribution >= 4 is 11.7 Å². The summed E-state index contributed by atoms with van der Waals surface area (Å²) in [6.45, 7) is 1.53. The summed E-state index contributed by atoms with van der Waals surface area (Å²) in [5.41, 5.74) is 1.22. The minimum absolute atomic E-state index is 0.0911. The van der Waals surface area contributed by atoms with Crippen LogP contribution in [0.3, 0.4) is 0 Å². The molecule has 5 nitrogen and oxygen atoms in total. The van der Waals surface area contributed by atoms with Crippen LogP contribution in [0.15, 0.2) is 24.3 Å². The van der Waals surface area contributed by atoms with E-state index in [0.717, 1.165) is 25.9 Å². The number of benzene rings is 1. The average Bonchev–Trinajstić information content (AvgIpc) is 2.47. The van der Waals surface area contributed by atoms with Crippen molar-refractivity contribution in [1.82, 2.24) is 9.80 Å². The third-order valence-corrected chi connectivity index (χ3v) is 3.66. The lowest BCUT2D eigenvalue weighted by Gasteiger charge is -2.36. The smallest absolute Gasteiger partial charge is 0.321 e. The number of anilines is 1. The molecule has 1 aliphatic heterocycles. The highest BCUT2D eigenvalue weighted by Crippen LogP contribution is 2.16. The predicted molar refractivity (Wildman–Crippen MR) is 78.5 cm³/mol. The first-order valence-electron chi connectivity index (χ1n) is 6.82. The van der Waals surface area contributed by atoms with E-state index in [4.69, 9.17) is 5.26 Å². The molecule has 0 bridgehead atoms. The van der Waals surface area contributed by atoms with E-state index in [-0.39, 0.29) is 6.03 Å². The van der Waals surface area contributed by atoms with Crippen molar-refractivity contribution in [3.05, 3.63) is 29.8 Å². The van der Waals surface area contributed by atoms with Crippen molar-refractivity contribution in [2.24, 2.45) is 0 Å². The monoisotopic (exact) mass is 272 g/mol. The van der Waals surface area contributed by atoms with E-state index in [2.05, 4.69) is 16.3 Å². The Morgan fingerprint density at radius 1 is 1.50 bits per heavy atom. The topological polar surface area (TPSA) is 59.4 Å². The van der Waals surface area contributed by atoms with Crippen molar-refractivity contribution in [3.8, 4) is 6.07 Å². The van der Waals surface area contributed by atoms with Gasteiger partial charge in [-0.15, -0.1) is 0 Å². The predicted octanol–water partition coefficient (Wildman–Crippen LogP) is 2.12. The van der Waals surface area contributed by atoms with Crippen molar-refractivity contribution in [3.63, 3.8) is 0 Å². The van der Waals surface area contributed by atoms with E-state index < -0.39 is 0 Å². The van der Waals surface area contributed by atoms with E-state index in [1.807, 2.05) is 19.0 Å². The van der Waals surface area contributed by atoms with Crippen molar-refractivity contribution in [1.29, 1.82) is 5.26 Å². The second-order valence-electron chi connectivity index (χ2n) is 5.33. The summed E-state index contributed by atoms with van der Waals surface area (Å²) in [5.74, 6) is 0. The van der Waals surface area contributed by atoms with Gasteiger partial charge in [0.2, 0.25) is 0 Å². The van der Waals surface area contributed by atoms with Crippen molar-refractivity contribution in [2.45, 2.75) is 18.9 Å². The summed E-state index contributed by atoms with van der Waals surface area (Å²) in [6, 6.07) is 9.37. The van der Waals surface area contributed by atoms with E-state index >= 15 is 0 Å². The highest BCUT2D eigenvalue weighted by Gasteiger charge is 2.24. The minimum Gasteiger partial charge on any atom is -0.323 e. The third kappa shape index (κ3) is 3.49. The maximum absolute atomic E-state index is 12.2. The molecule has 0 saturated carbocycles. The molecule has 1 saturated heterocycles. The summed E-state index contributed by atoms with van der Waals surface area (Å²) in [7, 11) is 4.09. The first-order valence-corrected chi connectivity index (χ1v) is 6.82. The van der Waals surface area contributed by atoms with Crippen LogP contribution in [0.2, 0.25) is 0 Å². The Kier molecular flexibility index (Phi) is 4.59. The fourth-order valence-corrected chi connectivity index (χ4v) is 2.43. The van der Waals surface area contributed by atoms with Crippen LogP contribution in [0.25, 0.3) is 0 Å². The third-order valence-electron chi connectivity index (χ3n) is 3.66. The molecule has 0 aliphatic carbocycles. The summed E-state index contributed by atoms with van der Waals surface area (Å²) < 4.78 is 0. The molecule has 0 spiro atoms. The highest BCUT2D eigenvalue weighted by atomic mass is 16.2. The second kappa shape index (κ2) is 6.40. The molecule has 1 atom stereocenters. The molecule has 1 aromatic carbocycles.